The largest absolute Gasteiger partial charge is 0.378 e. The maximum atomic E-state index is 12.3. The van der Waals surface area contributed by atoms with Crippen LogP contribution in [0, 0.1) is 6.92 Å². The van der Waals surface area contributed by atoms with Crippen molar-refractivity contribution in [2.24, 2.45) is 0 Å². The normalized spacial score (nSPS) is 11.3. The van der Waals surface area contributed by atoms with Gasteiger partial charge in [-0.3, -0.25) is 4.98 Å². The zero-order chi connectivity index (χ0) is 15.3. The average Bonchev–Trinajstić information content (AvgIpc) is 2.45. The summed E-state index contributed by atoms with van der Waals surface area (Å²) in [6.07, 6.45) is 0.607. The van der Waals surface area contributed by atoms with Gasteiger partial charge in [-0.05, 0) is 37.6 Å². The van der Waals surface area contributed by atoms with Gasteiger partial charge in [0.05, 0.1) is 28.6 Å². The molecule has 0 amide bonds. The predicted molar refractivity (Wildman–Crippen MR) is 85.1 cm³/mol. The number of nitrogens with one attached hydrogen (secondary N) is 1. The predicted octanol–water partition coefficient (Wildman–Crippen LogP) is 3.19. The second-order valence-corrected chi connectivity index (χ2v) is 7.02. The number of para-hydroxylation sites is 1. The lowest BCUT2D eigenvalue weighted by molar-refractivity contribution is 0.595. The summed E-state index contributed by atoms with van der Waals surface area (Å²) < 4.78 is 24.5. The van der Waals surface area contributed by atoms with Crippen molar-refractivity contribution < 1.29 is 8.42 Å². The molecule has 0 atom stereocenters. The Kier molecular flexibility index (Phi) is 4.96. The van der Waals surface area contributed by atoms with Crippen LogP contribution in [0.1, 0.15) is 24.7 Å². The van der Waals surface area contributed by atoms with E-state index in [1.165, 1.54) is 0 Å². The van der Waals surface area contributed by atoms with E-state index in [0.29, 0.717) is 23.5 Å². The molecule has 0 aliphatic heterocycles. The fourth-order valence-corrected chi connectivity index (χ4v) is 3.66. The SMILES string of the molecule is CCCS(=O)(=O)c1ccccc1NCc1cccc(C)n1. The van der Waals surface area contributed by atoms with Crippen LogP contribution in [0.4, 0.5) is 5.69 Å². The number of aryl methyl sites for hydroxylation is 1. The van der Waals surface area contributed by atoms with Gasteiger partial charge in [0.1, 0.15) is 0 Å². The summed E-state index contributed by atoms with van der Waals surface area (Å²) in [5, 5.41) is 3.18. The molecule has 21 heavy (non-hydrogen) atoms. The molecule has 2 rings (SSSR count). The third-order valence-corrected chi connectivity index (χ3v) is 5.07. The first kappa shape index (κ1) is 15.5. The highest BCUT2D eigenvalue weighted by atomic mass is 32.2. The first-order chi connectivity index (χ1) is 10.0. The molecule has 0 saturated carbocycles. The van der Waals surface area contributed by atoms with Crippen LogP contribution in [0.3, 0.4) is 0 Å². The Bertz CT molecular complexity index is 712. The van der Waals surface area contributed by atoms with E-state index in [2.05, 4.69) is 10.3 Å². The van der Waals surface area contributed by atoms with Crippen molar-refractivity contribution in [2.45, 2.75) is 31.7 Å². The molecule has 0 aliphatic rings. The van der Waals surface area contributed by atoms with Crippen molar-refractivity contribution in [1.29, 1.82) is 0 Å². The van der Waals surface area contributed by atoms with Crippen LogP contribution in [0.2, 0.25) is 0 Å². The summed E-state index contributed by atoms with van der Waals surface area (Å²) in [7, 11) is -3.24. The number of pyridine rings is 1. The highest BCUT2D eigenvalue weighted by Gasteiger charge is 2.17. The lowest BCUT2D eigenvalue weighted by Crippen LogP contribution is -2.10. The van der Waals surface area contributed by atoms with Crippen LogP contribution in [0.25, 0.3) is 0 Å². The standard InChI is InChI=1S/C16H20N2O2S/c1-3-11-21(19,20)16-10-5-4-9-15(16)17-12-14-8-6-7-13(2)18-14/h4-10,17H,3,11-12H2,1-2H3. The highest BCUT2D eigenvalue weighted by Crippen LogP contribution is 2.23. The van der Waals surface area contributed by atoms with Gasteiger partial charge in [0.25, 0.3) is 0 Å². The van der Waals surface area contributed by atoms with Crippen LogP contribution >= 0.6 is 0 Å². The van der Waals surface area contributed by atoms with Crippen LogP contribution < -0.4 is 5.32 Å². The van der Waals surface area contributed by atoms with E-state index in [9.17, 15) is 8.42 Å². The molecule has 2 aromatic rings. The smallest absolute Gasteiger partial charge is 0.180 e. The highest BCUT2D eigenvalue weighted by molar-refractivity contribution is 7.91. The first-order valence-corrected chi connectivity index (χ1v) is 8.66. The minimum atomic E-state index is -3.24. The van der Waals surface area contributed by atoms with Gasteiger partial charge in [0, 0.05) is 5.69 Å². The quantitative estimate of drug-likeness (QED) is 0.890. The molecule has 1 heterocycles. The third kappa shape index (κ3) is 4.04. The van der Waals surface area contributed by atoms with Crippen LogP contribution in [-0.4, -0.2) is 19.2 Å². The number of aromatic nitrogens is 1. The molecular formula is C16H20N2O2S. The van der Waals surface area contributed by atoms with E-state index in [0.717, 1.165) is 11.4 Å². The molecule has 0 aliphatic carbocycles. The number of nitrogens with zero attached hydrogens (tertiary/aromatic N) is 1. The van der Waals surface area contributed by atoms with Crippen LogP contribution in [0.5, 0.6) is 0 Å². The lowest BCUT2D eigenvalue weighted by atomic mass is 10.3. The minimum absolute atomic E-state index is 0.161. The monoisotopic (exact) mass is 304 g/mol. The number of rotatable bonds is 6. The molecule has 0 spiro atoms. The summed E-state index contributed by atoms with van der Waals surface area (Å²) in [5.74, 6) is 0.161. The van der Waals surface area contributed by atoms with Crippen LogP contribution in [-0.2, 0) is 16.4 Å². The Morgan fingerprint density at radius 2 is 1.86 bits per heavy atom. The number of hydrogen-bond donors (Lipinski definition) is 1. The van der Waals surface area contributed by atoms with Gasteiger partial charge in [-0.15, -0.1) is 0 Å². The van der Waals surface area contributed by atoms with Crippen molar-refractivity contribution in [3.8, 4) is 0 Å². The number of sulfone groups is 1. The first-order valence-electron chi connectivity index (χ1n) is 7.01. The van der Waals surface area contributed by atoms with Crippen LogP contribution in [0.15, 0.2) is 47.4 Å². The lowest BCUT2D eigenvalue weighted by Gasteiger charge is -2.12. The number of hydrogen-bond acceptors (Lipinski definition) is 4. The second-order valence-electron chi connectivity index (χ2n) is 4.94. The maximum absolute atomic E-state index is 12.3. The van der Waals surface area contributed by atoms with E-state index >= 15 is 0 Å². The molecule has 0 bridgehead atoms. The molecule has 0 saturated heterocycles. The molecule has 1 aromatic carbocycles. The molecular weight excluding hydrogens is 284 g/mol. The minimum Gasteiger partial charge on any atom is -0.378 e. The molecule has 1 aromatic heterocycles. The van der Waals surface area contributed by atoms with E-state index < -0.39 is 9.84 Å². The zero-order valence-corrected chi connectivity index (χ0v) is 13.2. The van der Waals surface area contributed by atoms with E-state index in [4.69, 9.17) is 0 Å². The zero-order valence-electron chi connectivity index (χ0n) is 12.3. The molecule has 0 radical (unpaired) electrons. The molecule has 5 heteroatoms. The summed E-state index contributed by atoms with van der Waals surface area (Å²) in [4.78, 5) is 4.77. The summed E-state index contributed by atoms with van der Waals surface area (Å²) >= 11 is 0. The fourth-order valence-electron chi connectivity index (χ4n) is 2.15. The average molecular weight is 304 g/mol. The second kappa shape index (κ2) is 6.72. The third-order valence-electron chi connectivity index (χ3n) is 3.10. The number of benzene rings is 1. The molecule has 0 fully saturated rings. The molecule has 112 valence electrons. The topological polar surface area (TPSA) is 59.1 Å². The summed E-state index contributed by atoms with van der Waals surface area (Å²) in [6, 6.07) is 12.8. The Hall–Kier alpha value is -1.88. The van der Waals surface area contributed by atoms with E-state index in [1.807, 2.05) is 38.1 Å². The molecule has 0 unspecified atom stereocenters. The van der Waals surface area contributed by atoms with Crippen molar-refractivity contribution in [3.63, 3.8) is 0 Å². The Morgan fingerprint density at radius 3 is 2.57 bits per heavy atom. The fraction of sp³-hybridized carbons (Fsp3) is 0.312. The summed E-state index contributed by atoms with van der Waals surface area (Å²) in [5.41, 5.74) is 2.47. The van der Waals surface area contributed by atoms with Crippen molar-refractivity contribution >= 4 is 15.5 Å². The van der Waals surface area contributed by atoms with Gasteiger partial charge < -0.3 is 5.32 Å². The summed E-state index contributed by atoms with van der Waals surface area (Å²) in [6.45, 7) is 4.30. The van der Waals surface area contributed by atoms with Gasteiger partial charge in [-0.2, -0.15) is 0 Å². The van der Waals surface area contributed by atoms with Crippen molar-refractivity contribution in [3.05, 3.63) is 53.9 Å². The molecule has 4 nitrogen and oxygen atoms in total. The van der Waals surface area contributed by atoms with Gasteiger partial charge in [0.15, 0.2) is 9.84 Å². The molecule has 1 N–H and O–H groups in total. The van der Waals surface area contributed by atoms with Crippen molar-refractivity contribution in [2.75, 3.05) is 11.1 Å². The number of anilines is 1. The van der Waals surface area contributed by atoms with Gasteiger partial charge in [-0.25, -0.2) is 8.42 Å². The van der Waals surface area contributed by atoms with E-state index in [1.54, 1.807) is 18.2 Å². The van der Waals surface area contributed by atoms with Gasteiger partial charge >= 0.3 is 0 Å². The Morgan fingerprint density at radius 1 is 1.10 bits per heavy atom. The van der Waals surface area contributed by atoms with E-state index in [-0.39, 0.29) is 5.75 Å². The van der Waals surface area contributed by atoms with Gasteiger partial charge in [-0.1, -0.05) is 25.1 Å². The Labute approximate surface area is 126 Å². The van der Waals surface area contributed by atoms with Gasteiger partial charge in [0.2, 0.25) is 0 Å². The van der Waals surface area contributed by atoms with Crippen molar-refractivity contribution in [1.82, 2.24) is 4.98 Å². The maximum Gasteiger partial charge on any atom is 0.180 e. The Balaban J connectivity index is 2.21.